The maximum absolute atomic E-state index is 12.9. The number of rotatable bonds is 6. The molecular formula is C16H17N5O5S2. The minimum Gasteiger partial charge on any atom is -0.464 e. The summed E-state index contributed by atoms with van der Waals surface area (Å²) in [7, 11) is -4.13. The molecule has 2 aromatic rings. The van der Waals surface area contributed by atoms with Gasteiger partial charge in [-0.3, -0.25) is 9.59 Å². The van der Waals surface area contributed by atoms with E-state index in [2.05, 4.69) is 19.9 Å². The van der Waals surface area contributed by atoms with Crippen LogP contribution in [0.15, 0.2) is 34.3 Å². The van der Waals surface area contributed by atoms with Crippen molar-refractivity contribution in [3.63, 3.8) is 0 Å². The number of esters is 1. The summed E-state index contributed by atoms with van der Waals surface area (Å²) in [6.07, 6.45) is 0.614. The number of aryl methyl sites for hydroxylation is 1. The summed E-state index contributed by atoms with van der Waals surface area (Å²) in [5.41, 5.74) is 2.71. The monoisotopic (exact) mass is 423 g/mol. The van der Waals surface area contributed by atoms with Crippen molar-refractivity contribution in [2.24, 2.45) is 5.10 Å². The third kappa shape index (κ3) is 3.87. The molecule has 0 fully saturated rings. The first-order chi connectivity index (χ1) is 13.3. The zero-order valence-corrected chi connectivity index (χ0v) is 16.7. The number of carbonyl (C=O) groups excluding carboxylic acids is 2. The van der Waals surface area contributed by atoms with E-state index in [1.165, 1.54) is 24.0 Å². The fourth-order valence-corrected chi connectivity index (χ4v) is 4.52. The number of hydrogen-bond acceptors (Lipinski definition) is 10. The number of fused-ring (bicyclic) bond motifs is 1. The number of carbonyl (C=O) groups is 2. The lowest BCUT2D eigenvalue weighted by atomic mass is 10.2. The van der Waals surface area contributed by atoms with E-state index in [1.807, 2.05) is 6.92 Å². The Hall–Kier alpha value is -2.86. The van der Waals surface area contributed by atoms with Gasteiger partial charge in [0.1, 0.15) is 12.4 Å². The number of amides is 1. The lowest BCUT2D eigenvalue weighted by Crippen LogP contribution is -2.46. The standard InChI is InChI=1S/C16H17N5O5S2/c1-3-13-17-16(27-20-13)19-18-14-15(23)21(8-9-26-10(2)22)11-6-4-5-7-12(11)28(14,24)25/h4-7H,3,8-9H2,1-2H3,(H,17,19,20). The van der Waals surface area contributed by atoms with Gasteiger partial charge in [-0.1, -0.05) is 19.1 Å². The van der Waals surface area contributed by atoms with E-state index in [0.717, 1.165) is 11.5 Å². The summed E-state index contributed by atoms with van der Waals surface area (Å²) in [4.78, 5) is 29.2. The first-order valence-corrected chi connectivity index (χ1v) is 10.6. The molecule has 0 saturated heterocycles. The van der Waals surface area contributed by atoms with Gasteiger partial charge in [-0.15, -0.1) is 0 Å². The highest BCUT2D eigenvalue weighted by Gasteiger charge is 2.41. The summed E-state index contributed by atoms with van der Waals surface area (Å²) in [5, 5.41) is 3.43. The van der Waals surface area contributed by atoms with Crippen LogP contribution in [-0.4, -0.2) is 47.8 Å². The molecule has 1 aromatic carbocycles. The lowest BCUT2D eigenvalue weighted by molar-refractivity contribution is -0.140. The van der Waals surface area contributed by atoms with Crippen molar-refractivity contribution < 1.29 is 22.7 Å². The molecule has 1 aliphatic heterocycles. The fourth-order valence-electron chi connectivity index (χ4n) is 2.50. The van der Waals surface area contributed by atoms with Crippen molar-refractivity contribution in [1.29, 1.82) is 0 Å². The first kappa shape index (κ1) is 19.9. The van der Waals surface area contributed by atoms with Gasteiger partial charge in [-0.05, 0) is 12.1 Å². The highest BCUT2D eigenvalue weighted by atomic mass is 32.2. The van der Waals surface area contributed by atoms with Gasteiger partial charge in [-0.2, -0.15) is 9.47 Å². The second kappa shape index (κ2) is 8.02. The Morgan fingerprint density at radius 1 is 1.36 bits per heavy atom. The number of benzene rings is 1. The molecule has 0 spiro atoms. The molecule has 12 heteroatoms. The van der Waals surface area contributed by atoms with E-state index < -0.39 is 26.8 Å². The molecule has 1 aliphatic rings. The number of anilines is 2. The van der Waals surface area contributed by atoms with Gasteiger partial charge in [-0.25, -0.2) is 18.8 Å². The van der Waals surface area contributed by atoms with Gasteiger partial charge in [0.2, 0.25) is 20.0 Å². The smallest absolute Gasteiger partial charge is 0.302 e. The third-order valence-electron chi connectivity index (χ3n) is 3.79. The van der Waals surface area contributed by atoms with Crippen molar-refractivity contribution in [2.75, 3.05) is 23.5 Å². The van der Waals surface area contributed by atoms with Crippen LogP contribution in [0, 0.1) is 0 Å². The van der Waals surface area contributed by atoms with Crippen LogP contribution in [-0.2, 0) is 30.6 Å². The van der Waals surface area contributed by atoms with Crippen molar-refractivity contribution >= 4 is 49.1 Å². The second-order valence-electron chi connectivity index (χ2n) is 5.67. The molecule has 0 bridgehead atoms. The molecule has 0 atom stereocenters. The molecule has 1 amide bonds. The van der Waals surface area contributed by atoms with E-state index in [-0.39, 0.29) is 28.9 Å². The number of sulfone groups is 1. The van der Waals surface area contributed by atoms with Crippen LogP contribution >= 0.6 is 11.5 Å². The van der Waals surface area contributed by atoms with Crippen LogP contribution in [0.25, 0.3) is 0 Å². The summed E-state index contributed by atoms with van der Waals surface area (Å²) in [5.74, 6) is -0.735. The highest BCUT2D eigenvalue weighted by molar-refractivity contribution is 8.08. The Labute approximate surface area is 165 Å². The van der Waals surface area contributed by atoms with Gasteiger partial charge in [0.25, 0.3) is 5.91 Å². The number of ether oxygens (including phenoxy) is 1. The van der Waals surface area contributed by atoms with Crippen LogP contribution < -0.4 is 10.3 Å². The fraction of sp³-hybridized carbons (Fsp3) is 0.312. The number of para-hydroxylation sites is 1. The summed E-state index contributed by atoms with van der Waals surface area (Å²) in [6.45, 7) is 3.04. The van der Waals surface area contributed by atoms with E-state index in [4.69, 9.17) is 4.74 Å². The Bertz CT molecular complexity index is 1050. The zero-order valence-electron chi connectivity index (χ0n) is 15.1. The molecule has 0 saturated carbocycles. The van der Waals surface area contributed by atoms with E-state index in [9.17, 15) is 18.0 Å². The average molecular weight is 423 g/mol. The van der Waals surface area contributed by atoms with Crippen LogP contribution in [0.4, 0.5) is 10.8 Å². The zero-order chi connectivity index (χ0) is 20.3. The second-order valence-corrected chi connectivity index (χ2v) is 8.25. The number of nitrogens with zero attached hydrogens (tertiary/aromatic N) is 4. The predicted octanol–water partition coefficient (Wildman–Crippen LogP) is 1.21. The molecule has 1 aromatic heterocycles. The van der Waals surface area contributed by atoms with E-state index in [0.29, 0.717) is 12.2 Å². The van der Waals surface area contributed by atoms with Gasteiger partial charge < -0.3 is 9.64 Å². The Morgan fingerprint density at radius 3 is 2.79 bits per heavy atom. The quantitative estimate of drug-likeness (QED) is 0.542. The maximum Gasteiger partial charge on any atom is 0.302 e. The maximum atomic E-state index is 12.9. The molecule has 1 N–H and O–H groups in total. The normalized spacial score (nSPS) is 16.7. The predicted molar refractivity (Wildman–Crippen MR) is 103 cm³/mol. The Kier molecular flexibility index (Phi) is 5.70. The number of aromatic nitrogens is 2. The highest BCUT2D eigenvalue weighted by Crippen LogP contribution is 2.32. The van der Waals surface area contributed by atoms with E-state index >= 15 is 0 Å². The van der Waals surface area contributed by atoms with Crippen LogP contribution in [0.5, 0.6) is 0 Å². The molecule has 0 unspecified atom stereocenters. The van der Waals surface area contributed by atoms with Crippen LogP contribution in [0.2, 0.25) is 0 Å². The third-order valence-corrected chi connectivity index (χ3v) is 6.14. The molecule has 0 aliphatic carbocycles. The molecule has 3 rings (SSSR count). The van der Waals surface area contributed by atoms with Crippen LogP contribution in [0.1, 0.15) is 19.7 Å². The average Bonchev–Trinajstić information content (AvgIpc) is 3.12. The van der Waals surface area contributed by atoms with Gasteiger partial charge >= 0.3 is 5.97 Å². The Morgan fingerprint density at radius 2 is 2.11 bits per heavy atom. The molecule has 2 heterocycles. The van der Waals surface area contributed by atoms with Crippen molar-refractivity contribution in [2.45, 2.75) is 25.2 Å². The van der Waals surface area contributed by atoms with Crippen LogP contribution in [0.3, 0.4) is 0 Å². The number of nitrogens with one attached hydrogen (secondary N) is 1. The van der Waals surface area contributed by atoms with Gasteiger partial charge in [0.05, 0.1) is 17.1 Å². The summed E-state index contributed by atoms with van der Waals surface area (Å²) < 4.78 is 34.7. The molecular weight excluding hydrogens is 406 g/mol. The van der Waals surface area contributed by atoms with Crippen molar-refractivity contribution in [3.8, 4) is 0 Å². The molecule has 10 nitrogen and oxygen atoms in total. The van der Waals surface area contributed by atoms with E-state index in [1.54, 1.807) is 12.1 Å². The Balaban J connectivity index is 1.96. The first-order valence-electron chi connectivity index (χ1n) is 8.30. The minimum absolute atomic E-state index is 0.0112. The summed E-state index contributed by atoms with van der Waals surface area (Å²) in [6, 6.07) is 6.08. The number of hydrogen-bond donors (Lipinski definition) is 1. The molecule has 28 heavy (non-hydrogen) atoms. The minimum atomic E-state index is -4.13. The largest absolute Gasteiger partial charge is 0.464 e. The van der Waals surface area contributed by atoms with Gasteiger partial charge in [0.15, 0.2) is 0 Å². The van der Waals surface area contributed by atoms with Crippen molar-refractivity contribution in [1.82, 2.24) is 9.36 Å². The molecule has 148 valence electrons. The topological polar surface area (TPSA) is 131 Å². The van der Waals surface area contributed by atoms with Crippen molar-refractivity contribution in [3.05, 3.63) is 30.1 Å². The van der Waals surface area contributed by atoms with Gasteiger partial charge in [0, 0.05) is 24.9 Å². The molecule has 0 radical (unpaired) electrons. The lowest BCUT2D eigenvalue weighted by Gasteiger charge is -2.29. The SMILES string of the molecule is CCc1nsc(NN=C2C(=O)N(CCOC(C)=O)c3ccccc3S2(=O)=O)n1. The number of hydrazone groups is 1. The summed E-state index contributed by atoms with van der Waals surface area (Å²) >= 11 is 1.01.